The van der Waals surface area contributed by atoms with Gasteiger partial charge < -0.3 is 14.7 Å². The molecular formula is C27H45NO4. The maximum absolute atomic E-state index is 12.8. The van der Waals surface area contributed by atoms with Crippen LogP contribution in [0.15, 0.2) is 11.6 Å². The van der Waals surface area contributed by atoms with E-state index in [1.165, 1.54) is 39.0 Å². The van der Waals surface area contributed by atoms with Gasteiger partial charge in [-0.15, -0.1) is 0 Å². The molecule has 0 unspecified atom stereocenters. The van der Waals surface area contributed by atoms with Crippen LogP contribution >= 0.6 is 0 Å². The lowest BCUT2D eigenvalue weighted by atomic mass is 9.57. The van der Waals surface area contributed by atoms with Gasteiger partial charge in [0.25, 0.3) is 0 Å². The molecule has 0 aromatic carbocycles. The van der Waals surface area contributed by atoms with Crippen molar-refractivity contribution >= 4 is 11.9 Å². The predicted octanol–water partition coefficient (Wildman–Crippen LogP) is 5.12. The van der Waals surface area contributed by atoms with Gasteiger partial charge in [0, 0.05) is 38.8 Å². The van der Waals surface area contributed by atoms with Crippen LogP contribution in [0.5, 0.6) is 0 Å². The summed E-state index contributed by atoms with van der Waals surface area (Å²) < 4.78 is 5.54. The first-order valence-electron chi connectivity index (χ1n) is 13.0. The second kappa shape index (κ2) is 10.7. The molecule has 0 aromatic rings. The molecule has 0 heterocycles. The summed E-state index contributed by atoms with van der Waals surface area (Å²) in [7, 11) is 0. The molecule has 0 aliphatic heterocycles. The minimum absolute atomic E-state index is 0.0429. The number of hydrogen-bond donors (Lipinski definition) is 1. The lowest BCUT2D eigenvalue weighted by Gasteiger charge is -2.53. The SMILES string of the molecule is CCC(=O)N(CC1CCCCC1)C[C@@H](C)[C@@H]1CC[C@@H](C)[C@]2(O)C[C@@H](OC(C)=O)C(C)=C[C@H]12. The second-order valence-electron chi connectivity index (χ2n) is 11.0. The summed E-state index contributed by atoms with van der Waals surface area (Å²) in [5.74, 6) is 1.43. The van der Waals surface area contributed by atoms with Crippen molar-refractivity contribution < 1.29 is 19.4 Å². The van der Waals surface area contributed by atoms with Crippen molar-refractivity contribution in [3.8, 4) is 0 Å². The fourth-order valence-corrected chi connectivity index (χ4v) is 6.66. The molecule has 182 valence electrons. The maximum Gasteiger partial charge on any atom is 0.303 e. The normalized spacial score (nSPS) is 34.2. The van der Waals surface area contributed by atoms with Crippen molar-refractivity contribution in [2.24, 2.45) is 29.6 Å². The number of aliphatic hydroxyl groups is 1. The third kappa shape index (κ3) is 5.58. The number of amides is 1. The first kappa shape index (κ1) is 25.3. The van der Waals surface area contributed by atoms with Crippen molar-refractivity contribution in [1.82, 2.24) is 4.90 Å². The molecule has 3 aliphatic rings. The maximum atomic E-state index is 12.8. The van der Waals surface area contributed by atoms with Gasteiger partial charge in [0.05, 0.1) is 5.60 Å². The first-order chi connectivity index (χ1) is 15.2. The summed E-state index contributed by atoms with van der Waals surface area (Å²) in [4.78, 5) is 26.5. The van der Waals surface area contributed by atoms with Crippen molar-refractivity contribution in [1.29, 1.82) is 0 Å². The molecule has 0 bridgehead atoms. The Balaban J connectivity index is 1.76. The molecule has 3 aliphatic carbocycles. The Bertz CT molecular complexity index is 698. The number of hydrogen-bond acceptors (Lipinski definition) is 4. The number of nitrogens with zero attached hydrogens (tertiary/aromatic N) is 1. The Morgan fingerprint density at radius 2 is 1.91 bits per heavy atom. The topological polar surface area (TPSA) is 66.8 Å². The summed E-state index contributed by atoms with van der Waals surface area (Å²) in [6, 6.07) is 0. The molecule has 2 fully saturated rings. The molecular weight excluding hydrogens is 402 g/mol. The Morgan fingerprint density at radius 1 is 1.22 bits per heavy atom. The zero-order chi connectivity index (χ0) is 23.5. The van der Waals surface area contributed by atoms with Crippen LogP contribution in [-0.4, -0.2) is 46.7 Å². The lowest BCUT2D eigenvalue weighted by molar-refractivity contribution is -0.159. The number of carbonyl (C=O) groups excluding carboxylic acids is 2. The van der Waals surface area contributed by atoms with E-state index >= 15 is 0 Å². The van der Waals surface area contributed by atoms with E-state index in [9.17, 15) is 14.7 Å². The number of fused-ring (bicyclic) bond motifs is 1. The van der Waals surface area contributed by atoms with Gasteiger partial charge in [-0.25, -0.2) is 0 Å². The van der Waals surface area contributed by atoms with E-state index in [0.717, 1.165) is 31.5 Å². The highest BCUT2D eigenvalue weighted by atomic mass is 16.5. The Labute approximate surface area is 195 Å². The van der Waals surface area contributed by atoms with Crippen LogP contribution in [0.1, 0.15) is 92.4 Å². The van der Waals surface area contributed by atoms with E-state index in [2.05, 4.69) is 24.8 Å². The largest absolute Gasteiger partial charge is 0.458 e. The van der Waals surface area contributed by atoms with Crippen LogP contribution < -0.4 is 0 Å². The van der Waals surface area contributed by atoms with Gasteiger partial charge in [0.2, 0.25) is 5.91 Å². The van der Waals surface area contributed by atoms with E-state index < -0.39 is 5.60 Å². The number of esters is 1. The minimum Gasteiger partial charge on any atom is -0.458 e. The number of rotatable bonds is 7. The predicted molar refractivity (Wildman–Crippen MR) is 127 cm³/mol. The number of carbonyl (C=O) groups is 2. The molecule has 32 heavy (non-hydrogen) atoms. The fraction of sp³-hybridized carbons (Fsp3) is 0.852. The Kier molecular flexibility index (Phi) is 8.46. The van der Waals surface area contributed by atoms with E-state index in [4.69, 9.17) is 4.74 Å². The highest BCUT2D eigenvalue weighted by molar-refractivity contribution is 5.75. The standard InChI is InChI=1S/C27H45NO4/c1-6-26(30)28(17-22-10-8-7-9-11-22)16-19(3)23-13-12-20(4)27(31)15-25(32-21(5)29)18(2)14-24(23)27/h14,19-20,22-25,31H,6-13,15-17H2,1-5H3/t19-,20-,23+,24-,25-,27-/m1/s1. The molecule has 0 aromatic heterocycles. The molecule has 5 heteroatoms. The molecule has 0 radical (unpaired) electrons. The number of ether oxygens (including phenoxy) is 1. The van der Waals surface area contributed by atoms with Crippen molar-refractivity contribution in [2.45, 2.75) is 104 Å². The van der Waals surface area contributed by atoms with Crippen molar-refractivity contribution in [3.63, 3.8) is 0 Å². The summed E-state index contributed by atoms with van der Waals surface area (Å²) in [6.07, 6.45) is 11.3. The van der Waals surface area contributed by atoms with Crippen LogP contribution in [0.3, 0.4) is 0 Å². The zero-order valence-electron chi connectivity index (χ0n) is 20.9. The van der Waals surface area contributed by atoms with E-state index in [-0.39, 0.29) is 29.8 Å². The molecule has 0 saturated heterocycles. The quantitative estimate of drug-likeness (QED) is 0.435. The van der Waals surface area contributed by atoms with Crippen molar-refractivity contribution in [3.05, 3.63) is 11.6 Å². The molecule has 1 amide bonds. The first-order valence-corrected chi connectivity index (χ1v) is 13.0. The van der Waals surface area contributed by atoms with Gasteiger partial charge in [-0.1, -0.05) is 46.1 Å². The van der Waals surface area contributed by atoms with E-state index in [1.54, 1.807) is 0 Å². The summed E-state index contributed by atoms with van der Waals surface area (Å²) in [5.41, 5.74) is 0.185. The highest BCUT2D eigenvalue weighted by Gasteiger charge is 2.52. The molecule has 1 N–H and O–H groups in total. The second-order valence-corrected chi connectivity index (χ2v) is 11.0. The monoisotopic (exact) mass is 447 g/mol. The van der Waals surface area contributed by atoms with Crippen LogP contribution in [0.25, 0.3) is 0 Å². The molecule has 5 nitrogen and oxygen atoms in total. The average Bonchev–Trinajstić information content (AvgIpc) is 2.75. The van der Waals surface area contributed by atoms with Crippen LogP contribution in [0, 0.1) is 29.6 Å². The third-order valence-corrected chi connectivity index (χ3v) is 8.69. The smallest absolute Gasteiger partial charge is 0.303 e. The van der Waals surface area contributed by atoms with Crippen LogP contribution in [0.2, 0.25) is 0 Å². The third-order valence-electron chi connectivity index (χ3n) is 8.69. The van der Waals surface area contributed by atoms with Gasteiger partial charge in [-0.2, -0.15) is 0 Å². The average molecular weight is 448 g/mol. The van der Waals surface area contributed by atoms with Gasteiger partial charge >= 0.3 is 5.97 Å². The summed E-state index contributed by atoms with van der Waals surface area (Å²) in [5, 5.41) is 11.8. The highest BCUT2D eigenvalue weighted by Crippen LogP contribution is 2.51. The van der Waals surface area contributed by atoms with Crippen LogP contribution in [-0.2, 0) is 14.3 Å². The summed E-state index contributed by atoms with van der Waals surface area (Å²) in [6.45, 7) is 11.5. The molecule has 2 saturated carbocycles. The molecule has 3 rings (SSSR count). The fourth-order valence-electron chi connectivity index (χ4n) is 6.66. The lowest BCUT2D eigenvalue weighted by Crippen LogP contribution is -2.56. The summed E-state index contributed by atoms with van der Waals surface area (Å²) >= 11 is 0. The minimum atomic E-state index is -0.861. The van der Waals surface area contributed by atoms with Gasteiger partial charge in [0.1, 0.15) is 6.10 Å². The van der Waals surface area contributed by atoms with Gasteiger partial charge in [-0.3, -0.25) is 9.59 Å². The van der Waals surface area contributed by atoms with Crippen molar-refractivity contribution in [2.75, 3.05) is 13.1 Å². The van der Waals surface area contributed by atoms with Gasteiger partial charge in [0.15, 0.2) is 0 Å². The van der Waals surface area contributed by atoms with Crippen LogP contribution in [0.4, 0.5) is 0 Å². The van der Waals surface area contributed by atoms with E-state index in [1.807, 2.05) is 13.8 Å². The molecule has 6 atom stereocenters. The Hall–Kier alpha value is -1.36. The van der Waals surface area contributed by atoms with E-state index in [0.29, 0.717) is 30.6 Å². The molecule has 0 spiro atoms. The zero-order valence-corrected chi connectivity index (χ0v) is 20.9. The van der Waals surface area contributed by atoms with Gasteiger partial charge in [-0.05, 0) is 61.9 Å². The Morgan fingerprint density at radius 3 is 2.53 bits per heavy atom.